The molecule has 0 radical (unpaired) electrons. The van der Waals surface area contributed by atoms with Gasteiger partial charge in [0.2, 0.25) is 0 Å². The Morgan fingerprint density at radius 3 is 2.52 bits per heavy atom. The van der Waals surface area contributed by atoms with Crippen molar-refractivity contribution in [3.8, 4) is 0 Å². The van der Waals surface area contributed by atoms with E-state index in [0.29, 0.717) is 0 Å². The summed E-state index contributed by atoms with van der Waals surface area (Å²) in [4.78, 5) is 13.2. The number of thiazole rings is 1. The third-order valence-electron chi connectivity index (χ3n) is 3.24. The lowest BCUT2D eigenvalue weighted by atomic mass is 10.1. The second-order valence-electron chi connectivity index (χ2n) is 5.42. The van der Waals surface area contributed by atoms with Crippen molar-refractivity contribution in [1.29, 1.82) is 0 Å². The van der Waals surface area contributed by atoms with E-state index in [1.165, 1.54) is 0 Å². The third-order valence-corrected chi connectivity index (χ3v) is 4.34. The molecule has 0 fully saturated rings. The van der Waals surface area contributed by atoms with E-state index < -0.39 is 0 Å². The normalized spacial score (nSPS) is 11.4. The summed E-state index contributed by atoms with van der Waals surface area (Å²) in [6, 6.07) is 0. The van der Waals surface area contributed by atoms with Gasteiger partial charge in [0.1, 0.15) is 23.0 Å². The molecule has 0 bridgehead atoms. The molecule has 0 unspecified atom stereocenters. The van der Waals surface area contributed by atoms with Gasteiger partial charge in [0.05, 0.1) is 5.54 Å². The summed E-state index contributed by atoms with van der Waals surface area (Å²) in [5, 5.41) is 9.93. The summed E-state index contributed by atoms with van der Waals surface area (Å²) in [7, 11) is 0. The van der Waals surface area contributed by atoms with Crippen molar-refractivity contribution in [1.82, 2.24) is 15.0 Å². The van der Waals surface area contributed by atoms with Crippen LogP contribution in [0.2, 0.25) is 0 Å². The van der Waals surface area contributed by atoms with Crippen molar-refractivity contribution in [2.75, 3.05) is 17.2 Å². The Labute approximate surface area is 130 Å². The number of hydrogen-bond acceptors (Lipinski definition) is 6. The number of hydrogen-bond donors (Lipinski definition) is 2. The standard InChI is InChI=1S/C15H23N5S/c1-5-7-16-12-11(6-2)13(19-10-18-12)20-15(3,4)14-17-8-9-21-14/h8-10H,5-7H2,1-4H3,(H2,16,18,19,20). The van der Waals surface area contributed by atoms with E-state index in [4.69, 9.17) is 0 Å². The number of anilines is 2. The van der Waals surface area contributed by atoms with Gasteiger partial charge in [-0.3, -0.25) is 0 Å². The van der Waals surface area contributed by atoms with Gasteiger partial charge in [0.25, 0.3) is 0 Å². The molecule has 0 aliphatic rings. The van der Waals surface area contributed by atoms with Crippen molar-refractivity contribution >= 4 is 23.0 Å². The third kappa shape index (κ3) is 3.69. The van der Waals surface area contributed by atoms with Crippen LogP contribution in [0.4, 0.5) is 11.6 Å². The predicted octanol–water partition coefficient (Wildman–Crippen LogP) is 3.66. The Morgan fingerprint density at radius 2 is 1.90 bits per heavy atom. The van der Waals surface area contributed by atoms with Gasteiger partial charge in [-0.25, -0.2) is 15.0 Å². The molecule has 5 nitrogen and oxygen atoms in total. The molecule has 0 aromatic carbocycles. The fourth-order valence-electron chi connectivity index (χ4n) is 2.13. The lowest BCUT2D eigenvalue weighted by Gasteiger charge is -2.26. The minimum Gasteiger partial charge on any atom is -0.370 e. The average Bonchev–Trinajstić information content (AvgIpc) is 3.00. The topological polar surface area (TPSA) is 62.7 Å². The van der Waals surface area contributed by atoms with Crippen molar-refractivity contribution in [2.24, 2.45) is 0 Å². The molecule has 2 aromatic heterocycles. The summed E-state index contributed by atoms with van der Waals surface area (Å²) in [6.07, 6.45) is 5.39. The monoisotopic (exact) mass is 305 g/mol. The molecule has 0 aliphatic carbocycles. The highest BCUT2D eigenvalue weighted by Crippen LogP contribution is 2.29. The summed E-state index contributed by atoms with van der Waals surface area (Å²) < 4.78 is 0. The Balaban J connectivity index is 2.27. The van der Waals surface area contributed by atoms with Crippen LogP contribution in [-0.2, 0) is 12.0 Å². The van der Waals surface area contributed by atoms with Crippen LogP contribution in [-0.4, -0.2) is 21.5 Å². The molecular weight excluding hydrogens is 282 g/mol. The summed E-state index contributed by atoms with van der Waals surface area (Å²) in [6.45, 7) is 9.42. The van der Waals surface area contributed by atoms with E-state index in [1.54, 1.807) is 17.7 Å². The highest BCUT2D eigenvalue weighted by Gasteiger charge is 2.25. The quantitative estimate of drug-likeness (QED) is 0.817. The number of rotatable bonds is 7. The van der Waals surface area contributed by atoms with Crippen molar-refractivity contribution in [3.05, 3.63) is 28.5 Å². The largest absolute Gasteiger partial charge is 0.370 e. The van der Waals surface area contributed by atoms with Crippen molar-refractivity contribution in [3.63, 3.8) is 0 Å². The van der Waals surface area contributed by atoms with Crippen molar-refractivity contribution in [2.45, 2.75) is 46.1 Å². The Morgan fingerprint density at radius 1 is 1.14 bits per heavy atom. The molecule has 2 heterocycles. The van der Waals surface area contributed by atoms with Crippen LogP contribution in [0.1, 0.15) is 44.7 Å². The molecule has 6 heteroatoms. The lowest BCUT2D eigenvalue weighted by molar-refractivity contribution is 0.599. The lowest BCUT2D eigenvalue weighted by Crippen LogP contribution is -2.29. The first-order valence-corrected chi connectivity index (χ1v) is 8.22. The zero-order valence-electron chi connectivity index (χ0n) is 13.1. The van der Waals surface area contributed by atoms with Crippen LogP contribution >= 0.6 is 11.3 Å². The van der Waals surface area contributed by atoms with Gasteiger partial charge in [-0.15, -0.1) is 11.3 Å². The number of nitrogens with one attached hydrogen (secondary N) is 2. The minimum atomic E-state index is -0.255. The van der Waals surface area contributed by atoms with Gasteiger partial charge in [-0.1, -0.05) is 13.8 Å². The van der Waals surface area contributed by atoms with Gasteiger partial charge >= 0.3 is 0 Å². The van der Waals surface area contributed by atoms with Crippen molar-refractivity contribution < 1.29 is 0 Å². The Bertz CT molecular complexity index is 565. The van der Waals surface area contributed by atoms with Crippen LogP contribution in [0.3, 0.4) is 0 Å². The second-order valence-corrected chi connectivity index (χ2v) is 6.31. The molecule has 0 aliphatic heterocycles. The van der Waals surface area contributed by atoms with E-state index in [1.807, 2.05) is 11.6 Å². The zero-order chi connectivity index (χ0) is 15.3. The SMILES string of the molecule is CCCNc1ncnc(NC(C)(C)c2nccs2)c1CC. The van der Waals surface area contributed by atoms with E-state index in [9.17, 15) is 0 Å². The van der Waals surface area contributed by atoms with Crippen LogP contribution in [0, 0.1) is 0 Å². The second kappa shape index (κ2) is 6.85. The molecule has 0 amide bonds. The molecular formula is C15H23N5S. The fraction of sp³-hybridized carbons (Fsp3) is 0.533. The highest BCUT2D eigenvalue weighted by molar-refractivity contribution is 7.09. The molecule has 2 N–H and O–H groups in total. The average molecular weight is 305 g/mol. The van der Waals surface area contributed by atoms with E-state index in [-0.39, 0.29) is 5.54 Å². The van der Waals surface area contributed by atoms with Crippen LogP contribution in [0.15, 0.2) is 17.9 Å². The number of nitrogens with zero attached hydrogens (tertiary/aromatic N) is 3. The van der Waals surface area contributed by atoms with E-state index in [0.717, 1.165) is 41.6 Å². The predicted molar refractivity (Wildman–Crippen MR) is 89.0 cm³/mol. The van der Waals surface area contributed by atoms with Crippen LogP contribution in [0.25, 0.3) is 0 Å². The maximum Gasteiger partial charge on any atom is 0.135 e. The first-order chi connectivity index (χ1) is 10.1. The molecule has 0 saturated carbocycles. The maximum atomic E-state index is 4.43. The van der Waals surface area contributed by atoms with Gasteiger partial charge < -0.3 is 10.6 Å². The summed E-state index contributed by atoms with van der Waals surface area (Å²) in [5.74, 6) is 1.80. The zero-order valence-corrected chi connectivity index (χ0v) is 13.9. The summed E-state index contributed by atoms with van der Waals surface area (Å²) in [5.41, 5.74) is 0.865. The van der Waals surface area contributed by atoms with Gasteiger partial charge in [0.15, 0.2) is 0 Å². The molecule has 0 spiro atoms. The maximum absolute atomic E-state index is 4.43. The van der Waals surface area contributed by atoms with E-state index >= 15 is 0 Å². The molecule has 21 heavy (non-hydrogen) atoms. The Hall–Kier alpha value is -1.69. The molecule has 0 saturated heterocycles. The number of aromatic nitrogens is 3. The molecule has 114 valence electrons. The molecule has 2 rings (SSSR count). The summed E-state index contributed by atoms with van der Waals surface area (Å²) >= 11 is 1.65. The molecule has 2 aromatic rings. The highest BCUT2D eigenvalue weighted by atomic mass is 32.1. The first kappa shape index (κ1) is 15.7. The van der Waals surface area contributed by atoms with Crippen LogP contribution < -0.4 is 10.6 Å². The fourth-order valence-corrected chi connectivity index (χ4v) is 2.85. The Kier molecular flexibility index (Phi) is 5.12. The first-order valence-electron chi connectivity index (χ1n) is 7.34. The van der Waals surface area contributed by atoms with E-state index in [2.05, 4.69) is 53.3 Å². The van der Waals surface area contributed by atoms with Gasteiger partial charge in [-0.2, -0.15) is 0 Å². The van der Waals surface area contributed by atoms with Gasteiger partial charge in [0, 0.05) is 23.7 Å². The van der Waals surface area contributed by atoms with Gasteiger partial charge in [-0.05, 0) is 26.7 Å². The van der Waals surface area contributed by atoms with Crippen LogP contribution in [0.5, 0.6) is 0 Å². The minimum absolute atomic E-state index is 0.255. The molecule has 0 atom stereocenters. The smallest absolute Gasteiger partial charge is 0.135 e.